The molecule has 0 saturated carbocycles. The van der Waals surface area contributed by atoms with Crippen molar-refractivity contribution in [2.75, 3.05) is 22.5 Å². The lowest BCUT2D eigenvalue weighted by Gasteiger charge is -2.11. The van der Waals surface area contributed by atoms with Gasteiger partial charge in [-0.25, -0.2) is 14.4 Å². The Morgan fingerprint density at radius 3 is 2.29 bits per heavy atom. The van der Waals surface area contributed by atoms with Crippen molar-refractivity contribution >= 4 is 28.9 Å². The van der Waals surface area contributed by atoms with E-state index in [1.807, 2.05) is 37.3 Å². The average molecular weight is 379 g/mol. The number of aryl methyl sites for hydroxylation is 1. The van der Waals surface area contributed by atoms with Gasteiger partial charge in [0.2, 0.25) is 5.91 Å². The fourth-order valence-electron chi connectivity index (χ4n) is 2.70. The number of nitrogens with one attached hydrogen (secondary N) is 3. The molecule has 6 nitrogen and oxygen atoms in total. The molecule has 0 radical (unpaired) electrons. The SMILES string of the molecule is CC(=O)Nc1ccc(Nc2cc(NCCc3ccc(F)cc3)nc(C)n2)cc1. The monoisotopic (exact) mass is 379 g/mol. The van der Waals surface area contributed by atoms with E-state index in [4.69, 9.17) is 0 Å². The minimum atomic E-state index is -0.232. The molecule has 0 bridgehead atoms. The maximum Gasteiger partial charge on any atom is 0.221 e. The number of amides is 1. The molecular formula is C21H22FN5O. The van der Waals surface area contributed by atoms with E-state index >= 15 is 0 Å². The summed E-state index contributed by atoms with van der Waals surface area (Å²) in [6.45, 7) is 3.98. The number of hydrogen-bond acceptors (Lipinski definition) is 5. The van der Waals surface area contributed by atoms with E-state index in [1.54, 1.807) is 12.1 Å². The molecule has 28 heavy (non-hydrogen) atoms. The summed E-state index contributed by atoms with van der Waals surface area (Å²) in [7, 11) is 0. The fraction of sp³-hybridized carbons (Fsp3) is 0.190. The highest BCUT2D eigenvalue weighted by Gasteiger charge is 2.04. The van der Waals surface area contributed by atoms with E-state index in [9.17, 15) is 9.18 Å². The lowest BCUT2D eigenvalue weighted by molar-refractivity contribution is -0.114. The number of nitrogens with zero attached hydrogens (tertiary/aromatic N) is 2. The summed E-state index contributed by atoms with van der Waals surface area (Å²) >= 11 is 0. The molecule has 3 N–H and O–H groups in total. The maximum absolute atomic E-state index is 13.0. The van der Waals surface area contributed by atoms with Gasteiger partial charge >= 0.3 is 0 Å². The smallest absolute Gasteiger partial charge is 0.221 e. The molecule has 2 aromatic carbocycles. The highest BCUT2D eigenvalue weighted by Crippen LogP contribution is 2.19. The Bertz CT molecular complexity index is 942. The second-order valence-electron chi connectivity index (χ2n) is 6.37. The largest absolute Gasteiger partial charge is 0.370 e. The molecule has 0 aliphatic heterocycles. The maximum atomic E-state index is 13.0. The molecule has 1 heterocycles. The Morgan fingerprint density at radius 1 is 0.964 bits per heavy atom. The van der Waals surface area contributed by atoms with Gasteiger partial charge in [-0.3, -0.25) is 4.79 Å². The van der Waals surface area contributed by atoms with E-state index in [-0.39, 0.29) is 11.7 Å². The standard InChI is InChI=1S/C21H22FN5O/c1-14-24-20(23-12-11-16-3-5-17(22)6-4-16)13-21(25-14)27-19-9-7-18(8-10-19)26-15(2)28/h3-10,13H,11-12H2,1-2H3,(H,26,28)(H2,23,24,25,27). The van der Waals surface area contributed by atoms with Crippen molar-refractivity contribution in [3.63, 3.8) is 0 Å². The van der Waals surface area contributed by atoms with Crippen LogP contribution in [0.4, 0.5) is 27.4 Å². The molecule has 0 atom stereocenters. The van der Waals surface area contributed by atoms with Gasteiger partial charge in [0.1, 0.15) is 23.3 Å². The normalized spacial score (nSPS) is 10.4. The lowest BCUT2D eigenvalue weighted by atomic mass is 10.1. The summed E-state index contributed by atoms with van der Waals surface area (Å²) in [5.74, 6) is 1.69. The van der Waals surface area contributed by atoms with Crippen LogP contribution in [0, 0.1) is 12.7 Å². The van der Waals surface area contributed by atoms with Crippen molar-refractivity contribution in [3.05, 3.63) is 71.8 Å². The van der Waals surface area contributed by atoms with Crippen molar-refractivity contribution in [2.24, 2.45) is 0 Å². The third-order valence-electron chi connectivity index (χ3n) is 3.95. The molecule has 144 valence electrons. The van der Waals surface area contributed by atoms with Crippen molar-refractivity contribution in [3.8, 4) is 0 Å². The number of aromatic nitrogens is 2. The second kappa shape index (κ2) is 8.94. The topological polar surface area (TPSA) is 78.9 Å². The molecule has 1 aromatic heterocycles. The zero-order valence-corrected chi connectivity index (χ0v) is 15.8. The molecule has 0 aliphatic rings. The third kappa shape index (κ3) is 5.77. The molecule has 7 heteroatoms. The van der Waals surface area contributed by atoms with Gasteiger partial charge < -0.3 is 16.0 Å². The number of carbonyl (C=O) groups excluding carboxylic acids is 1. The first kappa shape index (κ1) is 19.3. The van der Waals surface area contributed by atoms with Crippen LogP contribution in [0.2, 0.25) is 0 Å². The first-order chi connectivity index (χ1) is 13.5. The minimum absolute atomic E-state index is 0.108. The van der Waals surface area contributed by atoms with Crippen LogP contribution in [0.1, 0.15) is 18.3 Å². The summed E-state index contributed by atoms with van der Waals surface area (Å²) in [5.41, 5.74) is 2.64. The third-order valence-corrected chi connectivity index (χ3v) is 3.95. The number of anilines is 4. The van der Waals surface area contributed by atoms with Crippen LogP contribution in [0.3, 0.4) is 0 Å². The molecule has 0 aliphatic carbocycles. The van der Waals surface area contributed by atoms with E-state index in [2.05, 4.69) is 25.9 Å². The molecule has 1 amide bonds. The van der Waals surface area contributed by atoms with Crippen LogP contribution in [0.25, 0.3) is 0 Å². The van der Waals surface area contributed by atoms with E-state index in [0.29, 0.717) is 24.0 Å². The molecule has 0 spiro atoms. The highest BCUT2D eigenvalue weighted by molar-refractivity contribution is 5.88. The molecule has 3 aromatic rings. The van der Waals surface area contributed by atoms with Gasteiger partial charge in [-0.1, -0.05) is 12.1 Å². The number of benzene rings is 2. The zero-order valence-electron chi connectivity index (χ0n) is 15.8. The molecule has 0 saturated heterocycles. The van der Waals surface area contributed by atoms with Gasteiger partial charge in [0.05, 0.1) is 0 Å². The van der Waals surface area contributed by atoms with E-state index in [1.165, 1.54) is 19.1 Å². The van der Waals surface area contributed by atoms with Crippen molar-refractivity contribution in [1.82, 2.24) is 9.97 Å². The number of carbonyl (C=O) groups is 1. The van der Waals surface area contributed by atoms with Gasteiger partial charge in [-0.2, -0.15) is 0 Å². The average Bonchev–Trinajstić information content (AvgIpc) is 2.64. The van der Waals surface area contributed by atoms with Crippen molar-refractivity contribution in [2.45, 2.75) is 20.3 Å². The van der Waals surface area contributed by atoms with Crippen LogP contribution in [-0.4, -0.2) is 22.4 Å². The van der Waals surface area contributed by atoms with Gasteiger partial charge in [0.25, 0.3) is 0 Å². The lowest BCUT2D eigenvalue weighted by Crippen LogP contribution is -2.08. The first-order valence-corrected chi connectivity index (χ1v) is 8.96. The Morgan fingerprint density at radius 2 is 1.61 bits per heavy atom. The summed E-state index contributed by atoms with van der Waals surface area (Å²) in [5, 5.41) is 9.24. The summed E-state index contributed by atoms with van der Waals surface area (Å²) in [4.78, 5) is 19.9. The summed E-state index contributed by atoms with van der Waals surface area (Å²) < 4.78 is 13.0. The number of rotatable bonds is 7. The number of hydrogen-bond donors (Lipinski definition) is 3. The van der Waals surface area contributed by atoms with Crippen LogP contribution >= 0.6 is 0 Å². The summed E-state index contributed by atoms with van der Waals surface area (Å²) in [6.07, 6.45) is 0.761. The Labute approximate surface area is 163 Å². The van der Waals surface area contributed by atoms with Crippen LogP contribution in [-0.2, 0) is 11.2 Å². The zero-order chi connectivity index (χ0) is 19.9. The van der Waals surface area contributed by atoms with Crippen LogP contribution < -0.4 is 16.0 Å². The van der Waals surface area contributed by atoms with Gasteiger partial charge in [-0.05, 0) is 55.3 Å². The summed E-state index contributed by atoms with van der Waals surface area (Å²) in [6, 6.07) is 15.7. The molecule has 0 unspecified atom stereocenters. The molecule has 3 rings (SSSR count). The highest BCUT2D eigenvalue weighted by atomic mass is 19.1. The quantitative estimate of drug-likeness (QED) is 0.571. The van der Waals surface area contributed by atoms with Crippen LogP contribution in [0.5, 0.6) is 0 Å². The predicted molar refractivity (Wildman–Crippen MR) is 109 cm³/mol. The predicted octanol–water partition coefficient (Wildman–Crippen LogP) is 4.28. The molecular weight excluding hydrogens is 357 g/mol. The Kier molecular flexibility index (Phi) is 6.16. The van der Waals surface area contributed by atoms with Crippen molar-refractivity contribution in [1.29, 1.82) is 0 Å². The second-order valence-corrected chi connectivity index (χ2v) is 6.37. The Balaban J connectivity index is 1.60. The van der Waals surface area contributed by atoms with Gasteiger partial charge in [-0.15, -0.1) is 0 Å². The van der Waals surface area contributed by atoms with Gasteiger partial charge in [0, 0.05) is 30.9 Å². The van der Waals surface area contributed by atoms with E-state index in [0.717, 1.165) is 23.4 Å². The fourth-order valence-corrected chi connectivity index (χ4v) is 2.70. The number of halogens is 1. The minimum Gasteiger partial charge on any atom is -0.370 e. The first-order valence-electron chi connectivity index (χ1n) is 8.96. The van der Waals surface area contributed by atoms with Crippen LogP contribution in [0.15, 0.2) is 54.6 Å². The Hall–Kier alpha value is -3.48. The van der Waals surface area contributed by atoms with E-state index < -0.39 is 0 Å². The van der Waals surface area contributed by atoms with Crippen molar-refractivity contribution < 1.29 is 9.18 Å². The van der Waals surface area contributed by atoms with Gasteiger partial charge in [0.15, 0.2) is 0 Å². The molecule has 0 fully saturated rings.